The molecule has 114 valence electrons. The van der Waals surface area contributed by atoms with Crippen molar-refractivity contribution in [2.24, 2.45) is 5.73 Å². The Kier molecular flexibility index (Phi) is 5.93. The molecule has 0 aliphatic carbocycles. The Labute approximate surface area is 128 Å². The van der Waals surface area contributed by atoms with E-state index < -0.39 is 11.6 Å². The lowest BCUT2D eigenvalue weighted by Gasteiger charge is -2.10. The van der Waals surface area contributed by atoms with Gasteiger partial charge in [-0.2, -0.15) is 0 Å². The van der Waals surface area contributed by atoms with Crippen molar-refractivity contribution in [1.29, 1.82) is 0 Å². The number of ether oxygens (including phenoxy) is 1. The Balaban J connectivity index is 0.00000220. The summed E-state index contributed by atoms with van der Waals surface area (Å²) in [5, 5.41) is 0.847. The number of halogens is 1. The second-order valence-corrected chi connectivity index (χ2v) is 4.57. The zero-order valence-electron chi connectivity index (χ0n) is 11.9. The molecule has 1 heterocycles. The number of esters is 1. The van der Waals surface area contributed by atoms with Crippen molar-refractivity contribution in [3.63, 3.8) is 0 Å². The van der Waals surface area contributed by atoms with E-state index in [1.807, 2.05) is 19.9 Å². The van der Waals surface area contributed by atoms with E-state index in [1.54, 1.807) is 6.07 Å². The number of rotatable bonds is 4. The van der Waals surface area contributed by atoms with Crippen molar-refractivity contribution < 1.29 is 26.4 Å². The fourth-order valence-corrected chi connectivity index (χ4v) is 2.05. The van der Waals surface area contributed by atoms with E-state index in [0.717, 1.165) is 16.5 Å². The molecule has 0 bridgehead atoms. The number of carbonyl (C=O) groups is 1. The zero-order chi connectivity index (χ0) is 14.7. The van der Waals surface area contributed by atoms with E-state index >= 15 is 0 Å². The third kappa shape index (κ3) is 3.83. The molecule has 0 atom stereocenters. The summed E-state index contributed by atoms with van der Waals surface area (Å²) in [4.78, 5) is 23.0. The van der Waals surface area contributed by atoms with Gasteiger partial charge in [0, 0.05) is 24.1 Å². The normalized spacial score (nSPS) is 10.2. The second-order valence-electron chi connectivity index (χ2n) is 4.57. The van der Waals surface area contributed by atoms with Gasteiger partial charge in [-0.1, -0.05) is 6.92 Å². The first-order valence-electron chi connectivity index (χ1n) is 6.53. The van der Waals surface area contributed by atoms with Gasteiger partial charge in [-0.25, -0.2) is 4.79 Å². The monoisotopic (exact) mass is 310 g/mol. The Bertz CT molecular complexity index is 709. The molecular weight excluding hydrogens is 294 g/mol. The van der Waals surface area contributed by atoms with Crippen molar-refractivity contribution >= 4 is 16.9 Å². The molecule has 0 fully saturated rings. The van der Waals surface area contributed by atoms with Crippen LogP contribution in [-0.4, -0.2) is 12.5 Å². The fraction of sp³-hybridized carbons (Fsp3) is 0.333. The molecule has 2 N–H and O–H groups in total. The van der Waals surface area contributed by atoms with E-state index in [2.05, 4.69) is 0 Å². The average molecular weight is 311 g/mol. The predicted molar refractivity (Wildman–Crippen MR) is 75.9 cm³/mol. The highest BCUT2D eigenvalue weighted by Gasteiger charge is 2.12. The lowest BCUT2D eigenvalue weighted by molar-refractivity contribution is -0.134. The van der Waals surface area contributed by atoms with Crippen LogP contribution < -0.4 is 28.5 Å². The molecule has 0 saturated carbocycles. The number of nitrogens with two attached hydrogens (primary N) is 1. The molecule has 0 unspecified atom stereocenters. The van der Waals surface area contributed by atoms with Crippen molar-refractivity contribution in [2.75, 3.05) is 6.54 Å². The minimum atomic E-state index is -0.418. The summed E-state index contributed by atoms with van der Waals surface area (Å²) in [7, 11) is 0. The average Bonchev–Trinajstić information content (AvgIpc) is 2.38. The van der Waals surface area contributed by atoms with Gasteiger partial charge in [0.15, 0.2) is 0 Å². The Morgan fingerprint density at radius 1 is 1.33 bits per heavy atom. The van der Waals surface area contributed by atoms with Crippen LogP contribution in [0, 0.1) is 6.92 Å². The lowest BCUT2D eigenvalue weighted by Crippen LogP contribution is -3.00. The van der Waals surface area contributed by atoms with Crippen LogP contribution in [0.4, 0.5) is 0 Å². The Morgan fingerprint density at radius 2 is 2.05 bits per heavy atom. The molecule has 6 heteroatoms. The van der Waals surface area contributed by atoms with Gasteiger partial charge in [0.2, 0.25) is 0 Å². The van der Waals surface area contributed by atoms with Gasteiger partial charge < -0.3 is 27.3 Å². The van der Waals surface area contributed by atoms with Crippen LogP contribution in [0.15, 0.2) is 27.4 Å². The number of aryl methyl sites for hydroxylation is 2. The summed E-state index contributed by atoms with van der Waals surface area (Å²) >= 11 is 0. The smallest absolute Gasteiger partial charge is 0.336 e. The molecule has 0 spiro atoms. The maximum atomic E-state index is 11.6. The van der Waals surface area contributed by atoms with Crippen LogP contribution in [0.25, 0.3) is 11.0 Å². The Morgan fingerprint density at radius 3 is 2.67 bits per heavy atom. The molecule has 0 amide bonds. The lowest BCUT2D eigenvalue weighted by atomic mass is 10.1. The molecule has 2 aromatic rings. The molecule has 1 aromatic heterocycles. The molecular formula is C15H17ClNO4-. The highest BCUT2D eigenvalue weighted by atomic mass is 35.5. The van der Waals surface area contributed by atoms with E-state index in [9.17, 15) is 9.59 Å². The van der Waals surface area contributed by atoms with E-state index in [1.165, 1.54) is 6.07 Å². The first-order valence-corrected chi connectivity index (χ1v) is 6.53. The summed E-state index contributed by atoms with van der Waals surface area (Å²) < 4.78 is 10.4. The van der Waals surface area contributed by atoms with Crippen LogP contribution in [0.1, 0.15) is 24.5 Å². The molecule has 0 aliphatic heterocycles. The molecule has 5 nitrogen and oxygen atoms in total. The standard InChI is InChI=1S/C15H17NO4.ClH/c1-3-10-7-11-9(2)6-15(18)20-13(11)8-12(10)19-14(17)4-5-16;/h6-8H,3-5,16H2,1-2H3;1H/p-1. The number of carbonyl (C=O) groups excluding carboxylic acids is 1. The minimum Gasteiger partial charge on any atom is -1.00 e. The van der Waals surface area contributed by atoms with E-state index in [4.69, 9.17) is 14.9 Å². The highest BCUT2D eigenvalue weighted by Crippen LogP contribution is 2.28. The maximum absolute atomic E-state index is 11.6. The van der Waals surface area contributed by atoms with Crippen LogP contribution in [0.3, 0.4) is 0 Å². The highest BCUT2D eigenvalue weighted by molar-refractivity contribution is 5.84. The number of hydrogen-bond acceptors (Lipinski definition) is 5. The summed E-state index contributed by atoms with van der Waals surface area (Å²) in [5.74, 6) is 0.0313. The van der Waals surface area contributed by atoms with Crippen molar-refractivity contribution in [3.05, 3.63) is 39.7 Å². The first-order chi connectivity index (χ1) is 9.55. The third-order valence-corrected chi connectivity index (χ3v) is 3.09. The summed E-state index contributed by atoms with van der Waals surface area (Å²) in [6.45, 7) is 4.05. The Hall–Kier alpha value is -1.85. The van der Waals surface area contributed by atoms with Crippen LogP contribution >= 0.6 is 0 Å². The maximum Gasteiger partial charge on any atom is 0.336 e. The van der Waals surface area contributed by atoms with Crippen LogP contribution in [-0.2, 0) is 11.2 Å². The quantitative estimate of drug-likeness (QED) is 0.441. The SMILES string of the molecule is CCc1cc2c(C)cc(=O)oc2cc1OC(=O)CCN.[Cl-]. The minimum absolute atomic E-state index is 0. The predicted octanol–water partition coefficient (Wildman–Crippen LogP) is -1.08. The summed E-state index contributed by atoms with van der Waals surface area (Å²) in [6, 6.07) is 4.93. The molecule has 0 radical (unpaired) electrons. The van der Waals surface area contributed by atoms with Gasteiger partial charge >= 0.3 is 11.6 Å². The first kappa shape index (κ1) is 17.2. The second kappa shape index (κ2) is 7.24. The summed E-state index contributed by atoms with van der Waals surface area (Å²) in [5.41, 5.74) is 7.05. The third-order valence-electron chi connectivity index (χ3n) is 3.09. The van der Waals surface area contributed by atoms with Gasteiger partial charge in [0.25, 0.3) is 0 Å². The summed E-state index contributed by atoms with van der Waals surface area (Å²) in [6.07, 6.45) is 0.860. The van der Waals surface area contributed by atoms with Gasteiger partial charge in [-0.15, -0.1) is 0 Å². The van der Waals surface area contributed by atoms with Gasteiger partial charge in [0.05, 0.1) is 6.42 Å². The van der Waals surface area contributed by atoms with Crippen molar-refractivity contribution in [2.45, 2.75) is 26.7 Å². The van der Waals surface area contributed by atoms with E-state index in [-0.39, 0.29) is 25.4 Å². The van der Waals surface area contributed by atoms with Crippen molar-refractivity contribution in [1.82, 2.24) is 0 Å². The fourth-order valence-electron chi connectivity index (χ4n) is 2.05. The zero-order valence-corrected chi connectivity index (χ0v) is 12.7. The molecule has 1 aromatic carbocycles. The molecule has 21 heavy (non-hydrogen) atoms. The number of fused-ring (bicyclic) bond motifs is 1. The van der Waals surface area contributed by atoms with Crippen LogP contribution in [0.2, 0.25) is 0 Å². The number of hydrogen-bond donors (Lipinski definition) is 1. The van der Waals surface area contributed by atoms with Crippen LogP contribution in [0.5, 0.6) is 5.75 Å². The molecule has 0 aliphatic rings. The van der Waals surface area contributed by atoms with Gasteiger partial charge in [-0.3, -0.25) is 4.79 Å². The largest absolute Gasteiger partial charge is 1.00 e. The van der Waals surface area contributed by atoms with E-state index in [0.29, 0.717) is 17.8 Å². The topological polar surface area (TPSA) is 82.5 Å². The molecule has 0 saturated heterocycles. The van der Waals surface area contributed by atoms with Gasteiger partial charge in [0.1, 0.15) is 11.3 Å². The van der Waals surface area contributed by atoms with Gasteiger partial charge in [-0.05, 0) is 30.5 Å². The number of benzene rings is 1. The van der Waals surface area contributed by atoms with Crippen molar-refractivity contribution in [3.8, 4) is 5.75 Å². The molecule has 2 rings (SSSR count).